The molecule has 0 bridgehead atoms. The van der Waals surface area contributed by atoms with Crippen molar-refractivity contribution in [3.63, 3.8) is 0 Å². The third-order valence-corrected chi connectivity index (χ3v) is 6.31. The normalized spacial score (nSPS) is 11.3. The number of hydrogen-bond donors (Lipinski definition) is 2. The van der Waals surface area contributed by atoms with E-state index in [-0.39, 0.29) is 16.8 Å². The molecule has 4 rings (SSSR count). The molecule has 2 N–H and O–H groups in total. The summed E-state index contributed by atoms with van der Waals surface area (Å²) >= 11 is 1.29. The second-order valence-corrected chi connectivity index (χ2v) is 8.81. The van der Waals surface area contributed by atoms with Crippen LogP contribution < -0.4 is 10.0 Å². The molecule has 2 heterocycles. The van der Waals surface area contributed by atoms with E-state index < -0.39 is 10.0 Å². The van der Waals surface area contributed by atoms with E-state index in [2.05, 4.69) is 25.0 Å². The van der Waals surface area contributed by atoms with Gasteiger partial charge in [0.15, 0.2) is 5.01 Å². The van der Waals surface area contributed by atoms with E-state index in [9.17, 15) is 13.2 Å². The molecular weight excluding hydrogens is 410 g/mol. The van der Waals surface area contributed by atoms with Crippen molar-refractivity contribution >= 4 is 49.1 Å². The molecule has 8 nitrogen and oxygen atoms in total. The Hall–Kier alpha value is -3.37. The lowest BCUT2D eigenvalue weighted by Gasteiger charge is -2.08. The van der Waals surface area contributed by atoms with E-state index in [0.717, 1.165) is 10.2 Å². The number of anilines is 2. The van der Waals surface area contributed by atoms with E-state index >= 15 is 0 Å². The molecule has 10 heteroatoms. The maximum absolute atomic E-state index is 12.5. The van der Waals surface area contributed by atoms with Gasteiger partial charge in [-0.25, -0.2) is 28.1 Å². The Morgan fingerprint density at radius 1 is 1.00 bits per heavy atom. The van der Waals surface area contributed by atoms with Gasteiger partial charge in [0.25, 0.3) is 15.9 Å². The van der Waals surface area contributed by atoms with Gasteiger partial charge in [0.05, 0.1) is 15.1 Å². The number of carbonyl (C=O) groups excluding carboxylic acids is 1. The quantitative estimate of drug-likeness (QED) is 0.506. The Balaban J connectivity index is 1.49. The van der Waals surface area contributed by atoms with Crippen molar-refractivity contribution in [3.8, 4) is 0 Å². The summed E-state index contributed by atoms with van der Waals surface area (Å²) in [6.07, 6.45) is 1.47. The Labute approximate surface area is 170 Å². The zero-order valence-electron chi connectivity index (χ0n) is 15.2. The van der Waals surface area contributed by atoms with Crippen LogP contribution in [0, 0.1) is 6.92 Å². The molecule has 29 heavy (non-hydrogen) atoms. The zero-order chi connectivity index (χ0) is 20.4. The molecule has 1 amide bonds. The van der Waals surface area contributed by atoms with Crippen LogP contribution in [0.2, 0.25) is 0 Å². The van der Waals surface area contributed by atoms with Crippen molar-refractivity contribution in [2.24, 2.45) is 0 Å². The van der Waals surface area contributed by atoms with E-state index in [4.69, 9.17) is 0 Å². The molecule has 0 aliphatic heterocycles. The third-order valence-electron chi connectivity index (χ3n) is 3.93. The topological polar surface area (TPSA) is 114 Å². The number of aryl methyl sites for hydroxylation is 1. The van der Waals surface area contributed by atoms with Crippen molar-refractivity contribution in [2.75, 3.05) is 10.0 Å². The van der Waals surface area contributed by atoms with Crippen molar-refractivity contribution in [1.82, 2.24) is 15.0 Å². The number of nitrogens with zero attached hydrogens (tertiary/aromatic N) is 3. The Bertz CT molecular complexity index is 1270. The lowest BCUT2D eigenvalue weighted by atomic mass is 10.3. The molecule has 0 fully saturated rings. The van der Waals surface area contributed by atoms with Crippen LogP contribution in [0.15, 0.2) is 65.7 Å². The predicted molar refractivity (Wildman–Crippen MR) is 112 cm³/mol. The first kappa shape index (κ1) is 19.0. The zero-order valence-corrected chi connectivity index (χ0v) is 16.8. The Morgan fingerprint density at radius 3 is 2.48 bits per heavy atom. The fourth-order valence-electron chi connectivity index (χ4n) is 2.55. The molecular formula is C19H15N5O3S2. The lowest BCUT2D eigenvalue weighted by Crippen LogP contribution is -2.15. The fourth-order valence-corrected chi connectivity index (χ4v) is 4.36. The number of rotatable bonds is 5. The van der Waals surface area contributed by atoms with Crippen LogP contribution in [0.4, 0.5) is 11.6 Å². The molecule has 0 radical (unpaired) electrons. The average molecular weight is 425 g/mol. The number of nitrogens with one attached hydrogen (secondary N) is 2. The molecule has 4 aromatic rings. The van der Waals surface area contributed by atoms with E-state index in [0.29, 0.717) is 16.4 Å². The molecule has 2 aromatic carbocycles. The van der Waals surface area contributed by atoms with Crippen LogP contribution >= 0.6 is 11.3 Å². The van der Waals surface area contributed by atoms with Gasteiger partial charge in [0.2, 0.25) is 5.95 Å². The summed E-state index contributed by atoms with van der Waals surface area (Å²) < 4.78 is 28.2. The summed E-state index contributed by atoms with van der Waals surface area (Å²) in [5, 5.41) is 3.06. The smallest absolute Gasteiger partial charge is 0.284 e. The van der Waals surface area contributed by atoms with Gasteiger partial charge >= 0.3 is 0 Å². The number of benzene rings is 2. The van der Waals surface area contributed by atoms with Crippen LogP contribution in [-0.2, 0) is 10.0 Å². The molecule has 0 atom stereocenters. The number of carbonyl (C=O) groups is 1. The van der Waals surface area contributed by atoms with Crippen LogP contribution in [0.1, 0.15) is 15.5 Å². The summed E-state index contributed by atoms with van der Waals surface area (Å²) in [6.45, 7) is 1.74. The highest BCUT2D eigenvalue weighted by molar-refractivity contribution is 7.92. The highest BCUT2D eigenvalue weighted by atomic mass is 32.2. The van der Waals surface area contributed by atoms with E-state index in [1.54, 1.807) is 13.0 Å². The number of hydrogen-bond acceptors (Lipinski definition) is 7. The summed E-state index contributed by atoms with van der Waals surface area (Å²) in [6, 6.07) is 15.0. The van der Waals surface area contributed by atoms with Gasteiger partial charge in [-0.05, 0) is 49.4 Å². The number of thiazole rings is 1. The van der Waals surface area contributed by atoms with Crippen molar-refractivity contribution in [3.05, 3.63) is 71.5 Å². The Morgan fingerprint density at radius 2 is 1.76 bits per heavy atom. The highest BCUT2D eigenvalue weighted by Gasteiger charge is 2.17. The number of para-hydroxylation sites is 1. The van der Waals surface area contributed by atoms with Gasteiger partial charge in [0.1, 0.15) is 0 Å². The largest absolute Gasteiger partial charge is 0.320 e. The van der Waals surface area contributed by atoms with Crippen LogP contribution in [0.5, 0.6) is 0 Å². The van der Waals surface area contributed by atoms with Crippen molar-refractivity contribution in [2.45, 2.75) is 11.8 Å². The molecule has 0 aliphatic rings. The number of amides is 1. The van der Waals surface area contributed by atoms with Crippen LogP contribution in [0.25, 0.3) is 10.2 Å². The van der Waals surface area contributed by atoms with Gasteiger partial charge in [-0.2, -0.15) is 0 Å². The maximum atomic E-state index is 12.5. The standard InChI is InChI=1S/C19H15N5O3S2/c1-12-10-11-20-19(21-12)24-29(26,27)14-8-6-13(7-9-14)22-17(25)18-23-15-4-2-3-5-16(15)28-18/h2-11H,1H3,(H,22,25)(H,20,21,24). The Kier molecular flexibility index (Phi) is 4.95. The van der Waals surface area contributed by atoms with Crippen LogP contribution in [-0.4, -0.2) is 29.3 Å². The van der Waals surface area contributed by atoms with Gasteiger partial charge in [-0.1, -0.05) is 12.1 Å². The second-order valence-electron chi connectivity index (χ2n) is 6.09. The number of aromatic nitrogens is 3. The van der Waals surface area contributed by atoms with Gasteiger partial charge in [-0.3, -0.25) is 4.79 Å². The average Bonchev–Trinajstić information content (AvgIpc) is 3.12. The monoisotopic (exact) mass is 425 g/mol. The van der Waals surface area contributed by atoms with Gasteiger partial charge in [-0.15, -0.1) is 11.3 Å². The summed E-state index contributed by atoms with van der Waals surface area (Å²) in [5.41, 5.74) is 1.86. The van der Waals surface area contributed by atoms with Crippen molar-refractivity contribution in [1.29, 1.82) is 0 Å². The predicted octanol–water partition coefficient (Wildman–Crippen LogP) is 3.45. The third kappa shape index (κ3) is 4.23. The maximum Gasteiger partial charge on any atom is 0.284 e. The first-order valence-corrected chi connectivity index (χ1v) is 10.8. The van der Waals surface area contributed by atoms with E-state index in [1.807, 2.05) is 24.3 Å². The molecule has 0 unspecified atom stereocenters. The number of fused-ring (bicyclic) bond motifs is 1. The SMILES string of the molecule is Cc1ccnc(NS(=O)(=O)c2ccc(NC(=O)c3nc4ccccc4s3)cc2)n1. The first-order chi connectivity index (χ1) is 13.9. The molecule has 0 spiro atoms. The minimum atomic E-state index is -3.84. The molecule has 2 aromatic heterocycles. The van der Waals surface area contributed by atoms with E-state index in [1.165, 1.54) is 41.8 Å². The van der Waals surface area contributed by atoms with Gasteiger partial charge in [0, 0.05) is 17.6 Å². The first-order valence-electron chi connectivity index (χ1n) is 8.50. The van der Waals surface area contributed by atoms with Gasteiger partial charge < -0.3 is 5.32 Å². The molecule has 0 saturated carbocycles. The van der Waals surface area contributed by atoms with Crippen LogP contribution in [0.3, 0.4) is 0 Å². The minimum Gasteiger partial charge on any atom is -0.320 e. The lowest BCUT2D eigenvalue weighted by molar-refractivity contribution is 0.102. The number of sulfonamides is 1. The highest BCUT2D eigenvalue weighted by Crippen LogP contribution is 2.23. The molecule has 0 aliphatic carbocycles. The summed E-state index contributed by atoms with van der Waals surface area (Å²) in [7, 11) is -3.84. The second kappa shape index (κ2) is 7.57. The molecule has 0 saturated heterocycles. The summed E-state index contributed by atoms with van der Waals surface area (Å²) in [4.78, 5) is 24.7. The van der Waals surface area contributed by atoms with Crippen molar-refractivity contribution < 1.29 is 13.2 Å². The fraction of sp³-hybridized carbons (Fsp3) is 0.0526. The summed E-state index contributed by atoms with van der Waals surface area (Å²) in [5.74, 6) is -0.355. The molecule has 146 valence electrons. The minimum absolute atomic E-state index is 0.00165.